The van der Waals surface area contributed by atoms with Crippen LogP contribution in [0.3, 0.4) is 0 Å². The van der Waals surface area contributed by atoms with Crippen molar-refractivity contribution in [2.45, 2.75) is 32.2 Å². The fraction of sp³-hybridized carbons (Fsp3) is 0.318. The van der Waals surface area contributed by atoms with Crippen LogP contribution in [0.15, 0.2) is 42.5 Å². The predicted octanol–water partition coefficient (Wildman–Crippen LogP) is 4.41. The minimum atomic E-state index is -0.0233. The van der Waals surface area contributed by atoms with E-state index in [1.54, 1.807) is 36.6 Å². The van der Waals surface area contributed by atoms with E-state index in [-0.39, 0.29) is 24.2 Å². The maximum Gasteiger partial charge on any atom is 0.227 e. The molecule has 2 heterocycles. The van der Waals surface area contributed by atoms with Gasteiger partial charge in [-0.1, -0.05) is 12.1 Å². The lowest BCUT2D eigenvalue weighted by molar-refractivity contribution is -0.131. The Bertz CT molecular complexity index is 1010. The summed E-state index contributed by atoms with van der Waals surface area (Å²) in [6.07, 6.45) is 2.11. The fourth-order valence-electron chi connectivity index (χ4n) is 3.75. The van der Waals surface area contributed by atoms with Gasteiger partial charge in [-0.25, -0.2) is 4.98 Å². The van der Waals surface area contributed by atoms with Gasteiger partial charge in [-0.15, -0.1) is 11.3 Å². The Morgan fingerprint density at radius 2 is 2.07 bits per heavy atom. The molecule has 2 aromatic carbocycles. The molecule has 0 N–H and O–H groups in total. The van der Waals surface area contributed by atoms with Crippen molar-refractivity contribution in [1.82, 2.24) is 9.88 Å². The molecular weight excluding hydrogens is 372 g/mol. The van der Waals surface area contributed by atoms with E-state index in [0.717, 1.165) is 40.2 Å². The Balaban J connectivity index is 1.59. The number of hydrogen-bond donors (Lipinski definition) is 0. The highest BCUT2D eigenvalue weighted by Gasteiger charge is 2.32. The Morgan fingerprint density at radius 3 is 2.82 bits per heavy atom. The van der Waals surface area contributed by atoms with Crippen LogP contribution in [0.5, 0.6) is 5.75 Å². The highest BCUT2D eigenvalue weighted by Crippen LogP contribution is 2.37. The first-order chi connectivity index (χ1) is 13.6. The number of fused-ring (bicyclic) bond motifs is 1. The summed E-state index contributed by atoms with van der Waals surface area (Å²) in [5.74, 6) is 0.653. The summed E-state index contributed by atoms with van der Waals surface area (Å²) in [5, 5.41) is 0.997. The largest absolute Gasteiger partial charge is 0.496 e. The predicted molar refractivity (Wildman–Crippen MR) is 110 cm³/mol. The van der Waals surface area contributed by atoms with E-state index in [2.05, 4.69) is 6.07 Å². The third kappa shape index (κ3) is 3.52. The lowest BCUT2D eigenvalue weighted by Crippen LogP contribution is -2.32. The van der Waals surface area contributed by atoms with E-state index in [1.165, 1.54) is 6.92 Å². The van der Waals surface area contributed by atoms with Gasteiger partial charge in [0, 0.05) is 17.7 Å². The number of Topliss-reactive ketones (excluding diaryl/α,β-unsaturated/α-hetero) is 1. The van der Waals surface area contributed by atoms with Crippen LogP contribution in [0.25, 0.3) is 10.2 Å². The normalized spacial score (nSPS) is 16.5. The fourth-order valence-corrected chi connectivity index (χ4v) is 4.87. The average Bonchev–Trinajstić information content (AvgIpc) is 3.34. The molecule has 1 unspecified atom stereocenters. The number of rotatable bonds is 5. The van der Waals surface area contributed by atoms with Crippen molar-refractivity contribution in [3.8, 4) is 5.75 Å². The Kier molecular flexibility index (Phi) is 5.13. The van der Waals surface area contributed by atoms with Crippen LogP contribution >= 0.6 is 11.3 Å². The van der Waals surface area contributed by atoms with Gasteiger partial charge in [-0.2, -0.15) is 0 Å². The molecule has 0 aliphatic carbocycles. The molecular formula is C22H22N2O3S. The van der Waals surface area contributed by atoms with Gasteiger partial charge >= 0.3 is 0 Å². The number of amides is 1. The maximum atomic E-state index is 13.1. The van der Waals surface area contributed by atoms with Crippen LogP contribution < -0.4 is 4.74 Å². The number of benzene rings is 2. The molecule has 5 nitrogen and oxygen atoms in total. The van der Waals surface area contributed by atoms with Crippen LogP contribution in [-0.2, 0) is 11.2 Å². The van der Waals surface area contributed by atoms with Crippen molar-refractivity contribution in [1.29, 1.82) is 0 Å². The summed E-state index contributed by atoms with van der Waals surface area (Å²) in [5.41, 5.74) is 2.32. The lowest BCUT2D eigenvalue weighted by atomic mass is 10.0. The number of hydrogen-bond acceptors (Lipinski definition) is 5. The number of para-hydroxylation sites is 1. The van der Waals surface area contributed by atoms with Crippen molar-refractivity contribution in [3.63, 3.8) is 0 Å². The van der Waals surface area contributed by atoms with Crippen LogP contribution in [0.2, 0.25) is 0 Å². The second kappa shape index (κ2) is 7.72. The molecule has 1 fully saturated rings. The number of ketones is 1. The molecule has 6 heteroatoms. The molecule has 0 radical (unpaired) electrons. The second-order valence-corrected chi connectivity index (χ2v) is 8.09. The molecule has 4 rings (SSSR count). The van der Waals surface area contributed by atoms with E-state index in [9.17, 15) is 9.59 Å². The first kappa shape index (κ1) is 18.6. The topological polar surface area (TPSA) is 59.5 Å². The molecule has 3 aromatic rings. The molecule has 1 aliphatic heterocycles. The minimum Gasteiger partial charge on any atom is -0.496 e. The number of methoxy groups -OCH3 is 1. The van der Waals surface area contributed by atoms with Crippen LogP contribution in [0.1, 0.15) is 46.7 Å². The smallest absolute Gasteiger partial charge is 0.227 e. The van der Waals surface area contributed by atoms with Crippen molar-refractivity contribution in [2.24, 2.45) is 0 Å². The van der Waals surface area contributed by atoms with Crippen molar-refractivity contribution < 1.29 is 14.3 Å². The first-order valence-corrected chi connectivity index (χ1v) is 10.2. The van der Waals surface area contributed by atoms with Gasteiger partial charge in [0.05, 0.1) is 29.8 Å². The van der Waals surface area contributed by atoms with Crippen molar-refractivity contribution in [2.75, 3.05) is 13.7 Å². The zero-order chi connectivity index (χ0) is 19.7. The number of nitrogens with zero attached hydrogens (tertiary/aromatic N) is 2. The molecule has 0 spiro atoms. The van der Waals surface area contributed by atoms with Gasteiger partial charge in [-0.3, -0.25) is 9.59 Å². The number of ether oxygens (including phenoxy) is 1. The maximum absolute atomic E-state index is 13.1. The summed E-state index contributed by atoms with van der Waals surface area (Å²) >= 11 is 1.66. The van der Waals surface area contributed by atoms with E-state index >= 15 is 0 Å². The van der Waals surface area contributed by atoms with Crippen LogP contribution in [0, 0.1) is 0 Å². The minimum absolute atomic E-state index is 0.0203. The van der Waals surface area contributed by atoms with Gasteiger partial charge in [0.1, 0.15) is 10.8 Å². The van der Waals surface area contributed by atoms with Crippen molar-refractivity contribution in [3.05, 3.63) is 58.6 Å². The van der Waals surface area contributed by atoms with Gasteiger partial charge in [0.2, 0.25) is 5.91 Å². The highest BCUT2D eigenvalue weighted by atomic mass is 32.1. The van der Waals surface area contributed by atoms with E-state index in [0.29, 0.717) is 11.3 Å². The standard InChI is InChI=1S/C22H22N2O3S/c1-14(25)15-9-10-19(27-2)16(12-15)13-21(26)24-11-5-7-18(24)22-23-17-6-3-4-8-20(17)28-22/h3-4,6,8-10,12,18H,5,7,11,13H2,1-2H3. The Morgan fingerprint density at radius 1 is 1.25 bits per heavy atom. The van der Waals surface area contributed by atoms with E-state index < -0.39 is 0 Å². The quantitative estimate of drug-likeness (QED) is 0.601. The van der Waals surface area contributed by atoms with Crippen molar-refractivity contribution >= 4 is 33.2 Å². The monoisotopic (exact) mass is 394 g/mol. The third-order valence-corrected chi connectivity index (χ3v) is 6.33. The molecule has 0 bridgehead atoms. The second-order valence-electron chi connectivity index (χ2n) is 7.02. The zero-order valence-electron chi connectivity index (χ0n) is 16.0. The van der Waals surface area contributed by atoms with Gasteiger partial charge in [-0.05, 0) is 50.1 Å². The number of likely N-dealkylation sites (tertiary alicyclic amines) is 1. The summed E-state index contributed by atoms with van der Waals surface area (Å²) in [6.45, 7) is 2.26. The number of thiazole rings is 1. The summed E-state index contributed by atoms with van der Waals surface area (Å²) in [6, 6.07) is 13.3. The Hall–Kier alpha value is -2.73. The summed E-state index contributed by atoms with van der Waals surface area (Å²) in [4.78, 5) is 31.5. The number of carbonyl (C=O) groups excluding carboxylic acids is 2. The average molecular weight is 394 g/mol. The van der Waals surface area contributed by atoms with Gasteiger partial charge in [0.25, 0.3) is 0 Å². The lowest BCUT2D eigenvalue weighted by Gasteiger charge is -2.23. The number of carbonyl (C=O) groups is 2. The van der Waals surface area contributed by atoms with E-state index in [1.807, 2.05) is 23.1 Å². The first-order valence-electron chi connectivity index (χ1n) is 9.39. The summed E-state index contributed by atoms with van der Waals surface area (Å²) < 4.78 is 6.55. The molecule has 0 saturated carbocycles. The molecule has 1 atom stereocenters. The highest BCUT2D eigenvalue weighted by molar-refractivity contribution is 7.18. The van der Waals surface area contributed by atoms with Gasteiger partial charge in [0.15, 0.2) is 5.78 Å². The van der Waals surface area contributed by atoms with Crippen LogP contribution in [0.4, 0.5) is 0 Å². The molecule has 1 aromatic heterocycles. The zero-order valence-corrected chi connectivity index (χ0v) is 16.8. The van der Waals surface area contributed by atoms with Crippen LogP contribution in [-0.4, -0.2) is 35.2 Å². The van der Waals surface area contributed by atoms with Gasteiger partial charge < -0.3 is 9.64 Å². The molecule has 1 amide bonds. The third-order valence-electron chi connectivity index (χ3n) is 5.20. The molecule has 1 saturated heterocycles. The van der Waals surface area contributed by atoms with E-state index in [4.69, 9.17) is 9.72 Å². The molecule has 144 valence electrons. The number of aromatic nitrogens is 1. The molecule has 28 heavy (non-hydrogen) atoms. The molecule has 1 aliphatic rings. The summed E-state index contributed by atoms with van der Waals surface area (Å²) in [7, 11) is 1.58. The Labute approximate surface area is 168 Å². The SMILES string of the molecule is COc1ccc(C(C)=O)cc1CC(=O)N1CCCC1c1nc2ccccc2s1.